The lowest BCUT2D eigenvalue weighted by Crippen LogP contribution is -2.45. The van der Waals surface area contributed by atoms with Crippen LogP contribution in [0.5, 0.6) is 0 Å². The van der Waals surface area contributed by atoms with Crippen molar-refractivity contribution in [3.8, 4) is 22.5 Å². The van der Waals surface area contributed by atoms with Crippen LogP contribution >= 0.6 is 0 Å². The van der Waals surface area contributed by atoms with Crippen LogP contribution in [-0.2, 0) is 10.3 Å². The number of ether oxygens (including phenoxy) is 1. The molecule has 1 aliphatic heterocycles. The standard InChI is InChI=1S/C27H32N8O/c1-18-14-32-26(27(29)8-6-21(28)7-9-27)33-25(18)22-16-31-24-5-3-20(17-35(22)24)19-2-4-23(30-15-19)34-10-12-36-13-11-34/h2-5,14-17,21H,6-13,28-29H2,1H3. The second-order valence-corrected chi connectivity index (χ2v) is 10.0. The first-order valence-electron chi connectivity index (χ1n) is 12.7. The normalized spacial score (nSPS) is 22.8. The van der Waals surface area contributed by atoms with Crippen molar-refractivity contribution in [1.82, 2.24) is 24.3 Å². The average Bonchev–Trinajstić information content (AvgIpc) is 3.34. The highest BCUT2D eigenvalue weighted by Gasteiger charge is 2.35. The lowest BCUT2D eigenvalue weighted by molar-refractivity contribution is 0.122. The quantitative estimate of drug-likeness (QED) is 0.453. The Hall–Kier alpha value is -3.40. The van der Waals surface area contributed by atoms with Gasteiger partial charge in [-0.1, -0.05) is 0 Å². The zero-order chi connectivity index (χ0) is 24.7. The van der Waals surface area contributed by atoms with Gasteiger partial charge in [0.2, 0.25) is 0 Å². The second kappa shape index (κ2) is 9.24. The SMILES string of the molecule is Cc1cnc(C2(N)CCC(N)CC2)nc1-c1cnc2ccc(-c3ccc(N4CCOCC4)nc3)cn12. The summed E-state index contributed by atoms with van der Waals surface area (Å²) in [6.45, 7) is 5.25. The molecule has 9 nitrogen and oxygen atoms in total. The largest absolute Gasteiger partial charge is 0.378 e. The summed E-state index contributed by atoms with van der Waals surface area (Å²) in [7, 11) is 0. The summed E-state index contributed by atoms with van der Waals surface area (Å²) < 4.78 is 7.54. The summed E-state index contributed by atoms with van der Waals surface area (Å²) in [5.74, 6) is 1.67. The van der Waals surface area contributed by atoms with Gasteiger partial charge in [-0.05, 0) is 62.4 Å². The molecule has 2 aliphatic rings. The van der Waals surface area contributed by atoms with Gasteiger partial charge in [0.15, 0.2) is 0 Å². The molecule has 36 heavy (non-hydrogen) atoms. The Morgan fingerprint density at radius 3 is 2.47 bits per heavy atom. The molecule has 0 atom stereocenters. The van der Waals surface area contributed by atoms with Crippen molar-refractivity contribution in [2.45, 2.75) is 44.2 Å². The van der Waals surface area contributed by atoms with Crippen LogP contribution in [0.15, 0.2) is 49.1 Å². The van der Waals surface area contributed by atoms with E-state index in [1.165, 1.54) is 0 Å². The molecule has 0 unspecified atom stereocenters. The summed E-state index contributed by atoms with van der Waals surface area (Å²) in [6, 6.07) is 8.52. The first-order valence-corrected chi connectivity index (χ1v) is 12.7. The molecule has 9 heteroatoms. The maximum absolute atomic E-state index is 6.77. The minimum absolute atomic E-state index is 0.209. The van der Waals surface area contributed by atoms with Crippen molar-refractivity contribution in [1.29, 1.82) is 0 Å². The van der Waals surface area contributed by atoms with Crippen LogP contribution in [0.1, 0.15) is 37.1 Å². The Morgan fingerprint density at radius 2 is 1.72 bits per heavy atom. The minimum atomic E-state index is -0.544. The van der Waals surface area contributed by atoms with Crippen molar-refractivity contribution >= 4 is 11.5 Å². The molecule has 1 saturated carbocycles. The molecular weight excluding hydrogens is 452 g/mol. The Morgan fingerprint density at radius 1 is 0.944 bits per heavy atom. The topological polar surface area (TPSA) is 120 Å². The van der Waals surface area contributed by atoms with Crippen LogP contribution in [0.3, 0.4) is 0 Å². The van der Waals surface area contributed by atoms with Crippen LogP contribution in [-0.4, -0.2) is 56.7 Å². The molecular formula is C27H32N8O. The summed E-state index contributed by atoms with van der Waals surface area (Å²) in [5.41, 5.74) is 18.1. The lowest BCUT2D eigenvalue weighted by Gasteiger charge is -2.34. The highest BCUT2D eigenvalue weighted by atomic mass is 16.5. The third-order valence-corrected chi connectivity index (χ3v) is 7.50. The number of anilines is 1. The Kier molecular flexibility index (Phi) is 5.91. The zero-order valence-electron chi connectivity index (χ0n) is 20.6. The molecule has 1 saturated heterocycles. The number of morpholine rings is 1. The maximum Gasteiger partial charge on any atom is 0.148 e. The molecule has 0 bridgehead atoms. The number of nitrogens with two attached hydrogens (primary N) is 2. The van der Waals surface area contributed by atoms with Crippen LogP contribution in [0.4, 0.5) is 5.82 Å². The third kappa shape index (κ3) is 4.23. The molecule has 4 aromatic rings. The average molecular weight is 485 g/mol. The minimum Gasteiger partial charge on any atom is -0.378 e. The van der Waals surface area contributed by atoms with E-state index in [1.807, 2.05) is 31.6 Å². The summed E-state index contributed by atoms with van der Waals surface area (Å²) in [4.78, 5) is 21.2. The van der Waals surface area contributed by atoms with E-state index in [9.17, 15) is 0 Å². The van der Waals surface area contributed by atoms with Crippen molar-refractivity contribution in [2.75, 3.05) is 31.2 Å². The smallest absolute Gasteiger partial charge is 0.148 e. The van der Waals surface area contributed by atoms with Crippen LogP contribution in [0, 0.1) is 6.92 Å². The number of nitrogens with zero attached hydrogens (tertiary/aromatic N) is 6. The fourth-order valence-corrected chi connectivity index (χ4v) is 5.18. The van der Waals surface area contributed by atoms with Gasteiger partial charge in [0.1, 0.15) is 17.3 Å². The molecule has 5 heterocycles. The van der Waals surface area contributed by atoms with Gasteiger partial charge in [0, 0.05) is 48.8 Å². The Bertz CT molecular complexity index is 1370. The Labute approximate surface area is 210 Å². The molecule has 4 N–H and O–H groups in total. The number of hydrogen-bond acceptors (Lipinski definition) is 8. The van der Waals surface area contributed by atoms with Gasteiger partial charge in [0.05, 0.1) is 36.3 Å². The maximum atomic E-state index is 6.77. The number of imidazole rings is 1. The van der Waals surface area contributed by atoms with Gasteiger partial charge in [-0.2, -0.15) is 0 Å². The predicted molar refractivity (Wildman–Crippen MR) is 140 cm³/mol. The lowest BCUT2D eigenvalue weighted by atomic mass is 9.79. The van der Waals surface area contributed by atoms with Crippen LogP contribution < -0.4 is 16.4 Å². The van der Waals surface area contributed by atoms with Gasteiger partial charge in [0.25, 0.3) is 0 Å². The van der Waals surface area contributed by atoms with E-state index >= 15 is 0 Å². The summed E-state index contributed by atoms with van der Waals surface area (Å²) >= 11 is 0. The highest BCUT2D eigenvalue weighted by Crippen LogP contribution is 2.34. The summed E-state index contributed by atoms with van der Waals surface area (Å²) in [6.07, 6.45) is 11.1. The third-order valence-electron chi connectivity index (χ3n) is 7.50. The van der Waals surface area contributed by atoms with E-state index < -0.39 is 5.54 Å². The van der Waals surface area contributed by atoms with Crippen LogP contribution in [0.2, 0.25) is 0 Å². The summed E-state index contributed by atoms with van der Waals surface area (Å²) in [5, 5.41) is 0. The number of pyridine rings is 2. The number of aromatic nitrogens is 5. The molecule has 186 valence electrons. The molecule has 2 fully saturated rings. The molecule has 0 amide bonds. The van der Waals surface area contributed by atoms with Gasteiger partial charge in [-0.25, -0.2) is 19.9 Å². The molecule has 0 radical (unpaired) electrons. The van der Waals surface area contributed by atoms with Crippen molar-refractivity contribution in [3.63, 3.8) is 0 Å². The van der Waals surface area contributed by atoms with E-state index in [1.54, 1.807) is 0 Å². The van der Waals surface area contributed by atoms with Gasteiger partial charge < -0.3 is 21.1 Å². The van der Waals surface area contributed by atoms with Crippen molar-refractivity contribution in [2.24, 2.45) is 11.5 Å². The van der Waals surface area contributed by atoms with Gasteiger partial charge in [-0.3, -0.25) is 4.40 Å². The van der Waals surface area contributed by atoms with E-state index in [4.69, 9.17) is 26.2 Å². The zero-order valence-corrected chi connectivity index (χ0v) is 20.6. The van der Waals surface area contributed by atoms with E-state index in [0.717, 1.165) is 91.5 Å². The number of fused-ring (bicyclic) bond motifs is 1. The first kappa shape index (κ1) is 23.0. The molecule has 4 aromatic heterocycles. The van der Waals surface area contributed by atoms with Gasteiger partial charge in [-0.15, -0.1) is 0 Å². The molecule has 1 aliphatic carbocycles. The predicted octanol–water partition coefficient (Wildman–Crippen LogP) is 3.05. The monoisotopic (exact) mass is 484 g/mol. The van der Waals surface area contributed by atoms with Crippen molar-refractivity contribution < 1.29 is 4.74 Å². The highest BCUT2D eigenvalue weighted by molar-refractivity contribution is 5.69. The molecule has 0 aromatic carbocycles. The van der Waals surface area contributed by atoms with Crippen LogP contribution in [0.25, 0.3) is 28.2 Å². The van der Waals surface area contributed by atoms with Crippen molar-refractivity contribution in [3.05, 3.63) is 60.4 Å². The van der Waals surface area contributed by atoms with E-state index in [0.29, 0.717) is 5.82 Å². The molecule has 0 spiro atoms. The number of hydrogen-bond donors (Lipinski definition) is 2. The Balaban J connectivity index is 1.34. The fourth-order valence-electron chi connectivity index (χ4n) is 5.18. The van der Waals surface area contributed by atoms with Gasteiger partial charge >= 0.3 is 0 Å². The first-order chi connectivity index (χ1) is 17.5. The number of aryl methyl sites for hydroxylation is 1. The van der Waals surface area contributed by atoms with E-state index in [2.05, 4.69) is 43.7 Å². The fraction of sp³-hybridized carbons (Fsp3) is 0.407. The number of rotatable bonds is 4. The molecule has 6 rings (SSSR count). The second-order valence-electron chi connectivity index (χ2n) is 10.0. The van der Waals surface area contributed by atoms with E-state index in [-0.39, 0.29) is 6.04 Å².